The Balaban J connectivity index is 2.75. The molecular formula is C12H17N2O7P. The van der Waals surface area contributed by atoms with E-state index >= 15 is 0 Å². The first-order chi connectivity index (χ1) is 10.2. The molecule has 122 valence electrons. The van der Waals surface area contributed by atoms with Crippen LogP contribution >= 0.6 is 7.60 Å². The third-order valence-electron chi connectivity index (χ3n) is 2.47. The molecule has 0 saturated carbocycles. The lowest BCUT2D eigenvalue weighted by atomic mass is 10.2. The van der Waals surface area contributed by atoms with Crippen molar-refractivity contribution >= 4 is 13.6 Å². The number of aliphatic hydroxyl groups excluding tert-OH is 1. The van der Waals surface area contributed by atoms with E-state index in [1.54, 1.807) is 30.3 Å². The number of carboxylic acids is 1. The summed E-state index contributed by atoms with van der Waals surface area (Å²) >= 11 is 0. The van der Waals surface area contributed by atoms with Gasteiger partial charge in [0.1, 0.15) is 6.04 Å². The first-order valence-electron chi connectivity index (χ1n) is 6.09. The Labute approximate surface area is 126 Å². The number of carbonyl (C=O) groups is 1. The maximum atomic E-state index is 11.0. The molecule has 0 fully saturated rings. The Morgan fingerprint density at radius 1 is 1.36 bits per heavy atom. The fourth-order valence-electron chi connectivity index (χ4n) is 1.47. The second-order valence-electron chi connectivity index (χ2n) is 4.38. The average Bonchev–Trinajstić information content (AvgIpc) is 2.43. The summed E-state index contributed by atoms with van der Waals surface area (Å²) in [4.78, 5) is 33.4. The summed E-state index contributed by atoms with van der Waals surface area (Å²) in [7, 11) is -4.57. The highest BCUT2D eigenvalue weighted by Crippen LogP contribution is 2.37. The van der Waals surface area contributed by atoms with Crippen LogP contribution in [0.3, 0.4) is 0 Å². The van der Waals surface area contributed by atoms with Crippen LogP contribution in [0.25, 0.3) is 0 Å². The number of carboxylic acid groups (broad SMARTS) is 1. The largest absolute Gasteiger partial charge is 0.480 e. The molecule has 0 aromatic heterocycles. The van der Waals surface area contributed by atoms with Crippen LogP contribution in [-0.2, 0) is 14.2 Å². The number of nitrogens with two attached hydrogens (primary N) is 1. The number of hydrogen-bond donors (Lipinski definition) is 6. The van der Waals surface area contributed by atoms with Crippen molar-refractivity contribution in [3.05, 3.63) is 47.4 Å². The van der Waals surface area contributed by atoms with Crippen molar-refractivity contribution in [3.63, 3.8) is 0 Å². The highest BCUT2D eigenvalue weighted by atomic mass is 31.2. The van der Waals surface area contributed by atoms with Gasteiger partial charge in [-0.3, -0.25) is 14.8 Å². The van der Waals surface area contributed by atoms with E-state index in [4.69, 9.17) is 25.5 Å². The van der Waals surface area contributed by atoms with Crippen LogP contribution < -0.4 is 11.2 Å². The van der Waals surface area contributed by atoms with E-state index in [2.05, 4.69) is 5.48 Å². The van der Waals surface area contributed by atoms with E-state index in [1.165, 1.54) is 0 Å². The van der Waals surface area contributed by atoms with Gasteiger partial charge in [0.15, 0.2) is 0 Å². The molecule has 0 bridgehead atoms. The molecule has 0 radical (unpaired) electrons. The summed E-state index contributed by atoms with van der Waals surface area (Å²) in [5.41, 5.74) is 7.58. The molecule has 9 nitrogen and oxygen atoms in total. The number of nitrogens with one attached hydrogen (secondary N) is 1. The van der Waals surface area contributed by atoms with Gasteiger partial charge in [0.25, 0.3) is 0 Å². The zero-order chi connectivity index (χ0) is 16.8. The number of hydroxylamine groups is 1. The first-order valence-corrected chi connectivity index (χ1v) is 7.77. The van der Waals surface area contributed by atoms with Crippen molar-refractivity contribution in [1.29, 1.82) is 0 Å². The number of benzene rings is 1. The summed E-state index contributed by atoms with van der Waals surface area (Å²) in [6.07, 6.45) is -1.83. The highest BCUT2D eigenvalue weighted by Gasteiger charge is 2.19. The van der Waals surface area contributed by atoms with Gasteiger partial charge in [-0.15, -0.1) is 0 Å². The normalized spacial score (nSPS) is 15.2. The average molecular weight is 332 g/mol. The molecule has 0 aliphatic carbocycles. The lowest BCUT2D eigenvalue weighted by Crippen LogP contribution is -2.33. The molecule has 7 N–H and O–H groups in total. The number of aliphatic hydroxyl groups is 1. The van der Waals surface area contributed by atoms with Gasteiger partial charge in [-0.05, 0) is 0 Å². The first kappa shape index (κ1) is 18.3. The topological polar surface area (TPSA) is 162 Å². The van der Waals surface area contributed by atoms with Gasteiger partial charge in [-0.1, -0.05) is 30.3 Å². The highest BCUT2D eigenvalue weighted by molar-refractivity contribution is 7.55. The maximum absolute atomic E-state index is 11.0. The molecule has 0 aliphatic rings. The SMILES string of the molecule is N[C@@H](CC(=CP(=O)(O)O)NOC(O)c1ccccc1)C(=O)O. The maximum Gasteiger partial charge on any atom is 0.350 e. The van der Waals surface area contributed by atoms with Crippen molar-refractivity contribution in [3.8, 4) is 0 Å². The van der Waals surface area contributed by atoms with Crippen molar-refractivity contribution in [1.82, 2.24) is 5.48 Å². The molecule has 0 amide bonds. The minimum Gasteiger partial charge on any atom is -0.480 e. The predicted octanol–water partition coefficient (Wildman–Crippen LogP) is 0.0198. The van der Waals surface area contributed by atoms with E-state index in [0.717, 1.165) is 0 Å². The lowest BCUT2D eigenvalue weighted by Gasteiger charge is -2.17. The number of rotatable bonds is 8. The van der Waals surface area contributed by atoms with Gasteiger partial charge in [0.2, 0.25) is 6.29 Å². The zero-order valence-electron chi connectivity index (χ0n) is 11.4. The minimum absolute atomic E-state index is 0.252. The Morgan fingerprint density at radius 2 is 1.95 bits per heavy atom. The van der Waals surface area contributed by atoms with Crippen LogP contribution in [-0.4, -0.2) is 32.0 Å². The minimum atomic E-state index is -4.57. The van der Waals surface area contributed by atoms with Crippen LogP contribution in [0.5, 0.6) is 0 Å². The Morgan fingerprint density at radius 3 is 2.45 bits per heavy atom. The lowest BCUT2D eigenvalue weighted by molar-refractivity contribution is -0.143. The zero-order valence-corrected chi connectivity index (χ0v) is 12.3. The molecule has 0 heterocycles. The monoisotopic (exact) mass is 332 g/mol. The third kappa shape index (κ3) is 6.81. The molecular weight excluding hydrogens is 315 g/mol. The molecule has 2 atom stereocenters. The van der Waals surface area contributed by atoms with Crippen LogP contribution in [0.2, 0.25) is 0 Å². The van der Waals surface area contributed by atoms with Crippen LogP contribution in [0.4, 0.5) is 0 Å². The van der Waals surface area contributed by atoms with Crippen LogP contribution in [0.1, 0.15) is 18.3 Å². The molecule has 10 heteroatoms. The molecule has 22 heavy (non-hydrogen) atoms. The molecule has 1 aromatic carbocycles. The Bertz CT molecular complexity index is 572. The van der Waals surface area contributed by atoms with Crippen LogP contribution in [0.15, 0.2) is 41.8 Å². The Hall–Kier alpha value is -1.74. The standard InChI is InChI=1S/C12H17N2O7P/c13-10(11(15)16)6-9(7-22(18,19)20)14-21-12(17)8-4-2-1-3-5-8/h1-5,7,10,12,14,17H,6,13H2,(H,15,16)(H2,18,19,20)/t10-,12?/m0/s1. The van der Waals surface area contributed by atoms with Crippen molar-refractivity contribution in [2.75, 3.05) is 0 Å². The summed E-state index contributed by atoms with van der Waals surface area (Å²) in [5.74, 6) is -0.852. The van der Waals surface area contributed by atoms with Crippen molar-refractivity contribution in [2.24, 2.45) is 5.73 Å². The van der Waals surface area contributed by atoms with E-state index < -0.39 is 32.3 Å². The summed E-state index contributed by atoms with van der Waals surface area (Å²) in [5, 5.41) is 18.5. The van der Waals surface area contributed by atoms with Crippen molar-refractivity contribution < 1.29 is 34.2 Å². The Kier molecular flexibility index (Phi) is 6.69. The van der Waals surface area contributed by atoms with Gasteiger partial charge < -0.3 is 25.7 Å². The van der Waals surface area contributed by atoms with Crippen LogP contribution in [0, 0.1) is 0 Å². The predicted molar refractivity (Wildman–Crippen MR) is 76.0 cm³/mol. The van der Waals surface area contributed by atoms with Gasteiger partial charge in [0.05, 0.1) is 0 Å². The second kappa shape index (κ2) is 8.04. The third-order valence-corrected chi connectivity index (χ3v) is 3.12. The molecule has 1 aromatic rings. The quantitative estimate of drug-likeness (QED) is 0.219. The van der Waals surface area contributed by atoms with Gasteiger partial charge >= 0.3 is 13.6 Å². The fraction of sp³-hybridized carbons (Fsp3) is 0.250. The number of aliphatic carboxylic acids is 1. The van der Waals surface area contributed by atoms with Gasteiger partial charge in [-0.2, -0.15) is 0 Å². The van der Waals surface area contributed by atoms with E-state index in [0.29, 0.717) is 11.4 Å². The molecule has 0 saturated heterocycles. The van der Waals surface area contributed by atoms with E-state index in [9.17, 15) is 14.5 Å². The smallest absolute Gasteiger partial charge is 0.350 e. The molecule has 1 unspecified atom stereocenters. The van der Waals surface area contributed by atoms with E-state index in [-0.39, 0.29) is 5.70 Å². The second-order valence-corrected chi connectivity index (χ2v) is 5.81. The molecule has 1 rings (SSSR count). The summed E-state index contributed by atoms with van der Waals surface area (Å²) in [6.45, 7) is 0. The van der Waals surface area contributed by atoms with Gasteiger partial charge in [0, 0.05) is 23.5 Å². The summed E-state index contributed by atoms with van der Waals surface area (Å²) < 4.78 is 11.0. The molecule has 0 aliphatic heterocycles. The van der Waals surface area contributed by atoms with E-state index in [1.807, 2.05) is 0 Å². The van der Waals surface area contributed by atoms with Crippen molar-refractivity contribution in [2.45, 2.75) is 18.8 Å². The summed E-state index contributed by atoms with van der Waals surface area (Å²) in [6, 6.07) is 6.81. The number of hydrogen-bond acceptors (Lipinski definition) is 6. The van der Waals surface area contributed by atoms with Gasteiger partial charge in [-0.25, -0.2) is 4.84 Å². The fourth-order valence-corrected chi connectivity index (χ4v) is 2.03. The molecule has 0 spiro atoms.